The maximum atomic E-state index is 12.0. The predicted octanol–water partition coefficient (Wildman–Crippen LogP) is 4.00. The summed E-state index contributed by atoms with van der Waals surface area (Å²) < 4.78 is 0. The van der Waals surface area contributed by atoms with Crippen molar-refractivity contribution < 1.29 is 19.5 Å². The molecule has 0 radical (unpaired) electrons. The van der Waals surface area contributed by atoms with Crippen molar-refractivity contribution in [1.29, 1.82) is 0 Å². The summed E-state index contributed by atoms with van der Waals surface area (Å²) in [5, 5.41) is 13.5. The first-order valence-electron chi connectivity index (χ1n) is 8.63. The number of nitrogens with two attached hydrogens (primary N) is 1. The van der Waals surface area contributed by atoms with Crippen molar-refractivity contribution in [1.82, 2.24) is 0 Å². The van der Waals surface area contributed by atoms with Gasteiger partial charge < -0.3 is 16.2 Å². The molecular weight excluding hydrogens is 364 g/mol. The van der Waals surface area contributed by atoms with Crippen molar-refractivity contribution in [3.63, 3.8) is 0 Å². The van der Waals surface area contributed by atoms with Gasteiger partial charge in [0.25, 0.3) is 5.91 Å². The molecule has 4 N–H and O–H groups in total. The summed E-state index contributed by atoms with van der Waals surface area (Å²) in [5.41, 5.74) is 8.54. The Morgan fingerprint density at radius 3 is 2.26 bits per heavy atom. The highest BCUT2D eigenvalue weighted by Crippen LogP contribution is 2.36. The number of hydrogen-bond donors (Lipinski definition) is 3. The SMILES string of the molecule is CC(C)(C)c1ccc(-c2csc(NC(=O)CCCC(=O)O)c2C(N)=O)cc1. The van der Waals surface area contributed by atoms with E-state index in [1.807, 2.05) is 24.3 Å². The number of nitrogens with one attached hydrogen (secondary N) is 1. The van der Waals surface area contributed by atoms with Crippen LogP contribution in [0.5, 0.6) is 0 Å². The van der Waals surface area contributed by atoms with Crippen molar-refractivity contribution >= 4 is 34.1 Å². The highest BCUT2D eigenvalue weighted by Gasteiger charge is 2.20. The number of carboxylic acid groups (broad SMARTS) is 1. The molecule has 0 aliphatic rings. The Morgan fingerprint density at radius 1 is 1.11 bits per heavy atom. The highest BCUT2D eigenvalue weighted by molar-refractivity contribution is 7.15. The van der Waals surface area contributed by atoms with Crippen molar-refractivity contribution in [2.45, 2.75) is 45.4 Å². The fourth-order valence-electron chi connectivity index (χ4n) is 2.65. The van der Waals surface area contributed by atoms with Crippen LogP contribution in [0.15, 0.2) is 29.6 Å². The van der Waals surface area contributed by atoms with Gasteiger partial charge in [0.05, 0.1) is 5.56 Å². The molecule has 0 fully saturated rings. The van der Waals surface area contributed by atoms with Gasteiger partial charge in [-0.2, -0.15) is 0 Å². The molecule has 0 aliphatic heterocycles. The second-order valence-electron chi connectivity index (χ2n) is 7.34. The number of carbonyl (C=O) groups is 3. The summed E-state index contributed by atoms with van der Waals surface area (Å²) in [6.07, 6.45) is 0.226. The molecule has 0 bridgehead atoms. The first-order chi connectivity index (χ1) is 12.6. The van der Waals surface area contributed by atoms with Crippen LogP contribution in [0.2, 0.25) is 0 Å². The smallest absolute Gasteiger partial charge is 0.303 e. The number of anilines is 1. The Kier molecular flexibility index (Phi) is 6.38. The third-order valence-corrected chi connectivity index (χ3v) is 5.04. The Bertz CT molecular complexity index is 848. The van der Waals surface area contributed by atoms with Gasteiger partial charge in [-0.1, -0.05) is 45.0 Å². The van der Waals surface area contributed by atoms with Gasteiger partial charge in [0.1, 0.15) is 5.00 Å². The van der Waals surface area contributed by atoms with Gasteiger partial charge in [-0.25, -0.2) is 0 Å². The third kappa shape index (κ3) is 5.40. The lowest BCUT2D eigenvalue weighted by atomic mass is 9.86. The van der Waals surface area contributed by atoms with E-state index in [0.717, 1.165) is 5.56 Å². The first-order valence-corrected chi connectivity index (χ1v) is 9.51. The van der Waals surface area contributed by atoms with E-state index >= 15 is 0 Å². The van der Waals surface area contributed by atoms with Crippen LogP contribution in [0, 0.1) is 0 Å². The van der Waals surface area contributed by atoms with Crippen LogP contribution in [0.25, 0.3) is 11.1 Å². The number of carbonyl (C=O) groups excluding carboxylic acids is 2. The van der Waals surface area contributed by atoms with Crippen molar-refractivity contribution in [2.24, 2.45) is 5.73 Å². The normalized spacial score (nSPS) is 11.2. The molecule has 0 saturated carbocycles. The standard InChI is InChI=1S/C20H24N2O4S/c1-20(2,3)13-9-7-12(8-10-13)14-11-27-19(17(14)18(21)26)22-15(23)5-4-6-16(24)25/h7-11H,4-6H2,1-3H3,(H2,21,26)(H,22,23)(H,24,25). The quantitative estimate of drug-likeness (QED) is 0.666. The summed E-state index contributed by atoms with van der Waals surface area (Å²) in [6.45, 7) is 6.37. The number of rotatable bonds is 7. The Labute approximate surface area is 162 Å². The van der Waals surface area contributed by atoms with E-state index in [1.54, 1.807) is 5.38 Å². The van der Waals surface area contributed by atoms with Gasteiger partial charge in [-0.3, -0.25) is 14.4 Å². The average molecular weight is 388 g/mol. The van der Waals surface area contributed by atoms with E-state index in [-0.39, 0.29) is 36.1 Å². The number of benzene rings is 1. The lowest BCUT2D eigenvalue weighted by Gasteiger charge is -2.19. The minimum absolute atomic E-state index is 0.0226. The number of hydrogen-bond acceptors (Lipinski definition) is 4. The summed E-state index contributed by atoms with van der Waals surface area (Å²) in [4.78, 5) is 34.5. The Balaban J connectivity index is 2.23. The fourth-order valence-corrected chi connectivity index (χ4v) is 3.64. The van der Waals surface area contributed by atoms with Crippen LogP contribution in [0.3, 0.4) is 0 Å². The van der Waals surface area contributed by atoms with Crippen molar-refractivity contribution in [3.8, 4) is 11.1 Å². The number of carboxylic acids is 1. The maximum Gasteiger partial charge on any atom is 0.303 e. The highest BCUT2D eigenvalue weighted by atomic mass is 32.1. The number of amides is 2. The molecule has 6 nitrogen and oxygen atoms in total. The molecule has 0 aliphatic carbocycles. The number of thiophene rings is 1. The summed E-state index contributed by atoms with van der Waals surface area (Å²) in [7, 11) is 0. The third-order valence-electron chi connectivity index (χ3n) is 4.15. The van der Waals surface area contributed by atoms with Crippen LogP contribution in [0.4, 0.5) is 5.00 Å². The van der Waals surface area contributed by atoms with E-state index in [1.165, 1.54) is 16.9 Å². The number of primary amides is 1. The molecule has 0 atom stereocenters. The molecule has 0 saturated heterocycles. The first kappa shape index (κ1) is 20.6. The van der Waals surface area contributed by atoms with Crippen molar-refractivity contribution in [3.05, 3.63) is 40.8 Å². The predicted molar refractivity (Wildman–Crippen MR) is 107 cm³/mol. The zero-order valence-corrected chi connectivity index (χ0v) is 16.5. The van der Waals surface area contributed by atoms with Gasteiger partial charge in [0.2, 0.25) is 5.91 Å². The molecular formula is C20H24N2O4S. The summed E-state index contributed by atoms with van der Waals surface area (Å²) in [5.74, 6) is -1.90. The van der Waals surface area contributed by atoms with Gasteiger partial charge >= 0.3 is 5.97 Å². The largest absolute Gasteiger partial charge is 0.481 e. The molecule has 0 spiro atoms. The summed E-state index contributed by atoms with van der Waals surface area (Å²) in [6, 6.07) is 7.91. The second-order valence-corrected chi connectivity index (χ2v) is 8.22. The van der Waals surface area contributed by atoms with Crippen LogP contribution in [0.1, 0.15) is 56.0 Å². The van der Waals surface area contributed by atoms with Crippen LogP contribution in [-0.2, 0) is 15.0 Å². The zero-order valence-electron chi connectivity index (χ0n) is 15.7. The minimum atomic E-state index is -0.947. The van der Waals surface area contributed by atoms with E-state index in [4.69, 9.17) is 10.8 Å². The lowest BCUT2D eigenvalue weighted by Crippen LogP contribution is -2.17. The van der Waals surface area contributed by atoms with E-state index < -0.39 is 11.9 Å². The molecule has 1 aromatic heterocycles. The maximum absolute atomic E-state index is 12.0. The van der Waals surface area contributed by atoms with Crippen molar-refractivity contribution in [2.75, 3.05) is 5.32 Å². The molecule has 2 rings (SSSR count). The molecule has 2 aromatic rings. The summed E-state index contributed by atoms with van der Waals surface area (Å²) >= 11 is 1.23. The van der Waals surface area contributed by atoms with Crippen LogP contribution < -0.4 is 11.1 Å². The van der Waals surface area contributed by atoms with Crippen LogP contribution >= 0.6 is 11.3 Å². The number of aliphatic carboxylic acids is 1. The van der Waals surface area contributed by atoms with Gasteiger partial charge in [-0.15, -0.1) is 11.3 Å². The molecule has 2 amide bonds. The molecule has 1 aromatic carbocycles. The van der Waals surface area contributed by atoms with E-state index in [9.17, 15) is 14.4 Å². The van der Waals surface area contributed by atoms with E-state index in [2.05, 4.69) is 26.1 Å². The van der Waals surface area contributed by atoms with Gasteiger partial charge in [0.15, 0.2) is 0 Å². The zero-order chi connectivity index (χ0) is 20.2. The molecule has 7 heteroatoms. The Hall–Kier alpha value is -2.67. The molecule has 0 unspecified atom stereocenters. The average Bonchev–Trinajstić information content (AvgIpc) is 2.97. The van der Waals surface area contributed by atoms with Gasteiger partial charge in [-0.05, 0) is 23.0 Å². The topological polar surface area (TPSA) is 109 Å². The Morgan fingerprint density at radius 2 is 1.74 bits per heavy atom. The van der Waals surface area contributed by atoms with Crippen LogP contribution in [-0.4, -0.2) is 22.9 Å². The van der Waals surface area contributed by atoms with E-state index in [0.29, 0.717) is 10.6 Å². The monoisotopic (exact) mass is 388 g/mol. The second kappa shape index (κ2) is 8.35. The molecule has 1 heterocycles. The molecule has 144 valence electrons. The fraction of sp³-hybridized carbons (Fsp3) is 0.350. The minimum Gasteiger partial charge on any atom is -0.481 e. The van der Waals surface area contributed by atoms with Gasteiger partial charge in [0, 0.05) is 23.8 Å². The lowest BCUT2D eigenvalue weighted by molar-refractivity contribution is -0.137. The molecule has 27 heavy (non-hydrogen) atoms.